The third kappa shape index (κ3) is 4.18. The number of halogens is 2. The minimum atomic E-state index is -2.99. The summed E-state index contributed by atoms with van der Waals surface area (Å²) in [4.78, 5) is 26.9. The first kappa shape index (κ1) is 16.4. The number of hydrogen-bond acceptors (Lipinski definition) is 3. The third-order valence-corrected chi connectivity index (χ3v) is 3.42. The number of pyridine rings is 1. The topological polar surface area (TPSA) is 47.0 Å². The van der Waals surface area contributed by atoms with Gasteiger partial charge in [0.15, 0.2) is 0 Å². The first-order valence-corrected chi connectivity index (χ1v) is 6.50. The van der Waals surface area contributed by atoms with Crippen molar-refractivity contribution < 1.29 is 18.4 Å². The van der Waals surface area contributed by atoms with Gasteiger partial charge in [-0.3, -0.25) is 14.6 Å². The van der Waals surface area contributed by atoms with Crippen LogP contribution in [-0.2, 0) is 15.5 Å². The van der Waals surface area contributed by atoms with Crippen LogP contribution in [0.5, 0.6) is 0 Å². The molecule has 0 aliphatic rings. The van der Waals surface area contributed by atoms with E-state index in [9.17, 15) is 18.4 Å². The number of hydrogen-bond donors (Lipinski definition) is 0. The Morgan fingerprint density at radius 2 is 1.90 bits per heavy atom. The molecule has 2 unspecified atom stereocenters. The van der Waals surface area contributed by atoms with Gasteiger partial charge < -0.3 is 0 Å². The summed E-state index contributed by atoms with van der Waals surface area (Å²) in [6.07, 6.45) is 1.45. The van der Waals surface area contributed by atoms with Gasteiger partial charge in [0.2, 0.25) is 0 Å². The van der Waals surface area contributed by atoms with Crippen LogP contribution in [0.25, 0.3) is 0 Å². The van der Waals surface area contributed by atoms with Gasteiger partial charge >= 0.3 is 0 Å². The van der Waals surface area contributed by atoms with Crippen LogP contribution in [0.2, 0.25) is 0 Å². The molecule has 110 valence electrons. The highest BCUT2D eigenvalue weighted by molar-refractivity contribution is 5.90. The third-order valence-electron chi connectivity index (χ3n) is 3.42. The van der Waals surface area contributed by atoms with Gasteiger partial charge in [0.05, 0.1) is 0 Å². The van der Waals surface area contributed by atoms with Crippen molar-refractivity contribution in [1.82, 2.24) is 4.98 Å². The summed E-state index contributed by atoms with van der Waals surface area (Å²) < 4.78 is 26.1. The SMILES string of the molecule is CC(=O)C(C)CC(=O)C(C)c1ccc(C(C)(F)F)nc1. The minimum Gasteiger partial charge on any atom is -0.300 e. The maximum absolute atomic E-state index is 13.0. The zero-order chi connectivity index (χ0) is 15.5. The monoisotopic (exact) mass is 283 g/mol. The molecule has 0 saturated heterocycles. The van der Waals surface area contributed by atoms with Crippen molar-refractivity contribution in [3.63, 3.8) is 0 Å². The highest BCUT2D eigenvalue weighted by atomic mass is 19.3. The van der Waals surface area contributed by atoms with Crippen LogP contribution >= 0.6 is 0 Å². The van der Waals surface area contributed by atoms with Crippen LogP contribution in [-0.4, -0.2) is 16.6 Å². The number of nitrogens with zero attached hydrogens (tertiary/aromatic N) is 1. The molecule has 0 N–H and O–H groups in total. The normalized spacial score (nSPS) is 14.7. The van der Waals surface area contributed by atoms with E-state index < -0.39 is 11.8 Å². The van der Waals surface area contributed by atoms with Gasteiger partial charge in [-0.05, 0) is 18.6 Å². The van der Waals surface area contributed by atoms with E-state index in [2.05, 4.69) is 4.98 Å². The van der Waals surface area contributed by atoms with Crippen molar-refractivity contribution in [1.29, 1.82) is 0 Å². The Kier molecular flexibility index (Phi) is 5.09. The van der Waals surface area contributed by atoms with E-state index in [1.807, 2.05) is 0 Å². The predicted molar refractivity (Wildman–Crippen MR) is 71.7 cm³/mol. The Morgan fingerprint density at radius 3 is 2.30 bits per heavy atom. The summed E-state index contributed by atoms with van der Waals surface area (Å²) >= 11 is 0. The van der Waals surface area contributed by atoms with Crippen molar-refractivity contribution in [2.45, 2.75) is 46.0 Å². The molecule has 0 aliphatic heterocycles. The van der Waals surface area contributed by atoms with Crippen LogP contribution in [0.1, 0.15) is 51.3 Å². The highest BCUT2D eigenvalue weighted by Crippen LogP contribution is 2.26. The van der Waals surface area contributed by atoms with Crippen molar-refractivity contribution >= 4 is 11.6 Å². The van der Waals surface area contributed by atoms with Crippen LogP contribution in [0.3, 0.4) is 0 Å². The Balaban J connectivity index is 2.80. The molecule has 1 rings (SSSR count). The van der Waals surface area contributed by atoms with Crippen LogP contribution < -0.4 is 0 Å². The first-order chi connectivity index (χ1) is 9.12. The Bertz CT molecular complexity index is 492. The van der Waals surface area contributed by atoms with Crippen molar-refractivity contribution in [2.24, 2.45) is 5.92 Å². The summed E-state index contributed by atoms with van der Waals surface area (Å²) in [6, 6.07) is 2.72. The van der Waals surface area contributed by atoms with Crippen LogP contribution in [0.15, 0.2) is 18.3 Å². The molecule has 20 heavy (non-hydrogen) atoms. The molecule has 0 spiro atoms. The van der Waals surface area contributed by atoms with Gasteiger partial charge in [-0.25, -0.2) is 0 Å². The van der Waals surface area contributed by atoms with E-state index in [0.717, 1.165) is 6.92 Å². The van der Waals surface area contributed by atoms with Crippen molar-refractivity contribution in [3.05, 3.63) is 29.6 Å². The Hall–Kier alpha value is -1.65. The molecule has 1 aromatic rings. The van der Waals surface area contributed by atoms with Crippen molar-refractivity contribution in [2.75, 3.05) is 0 Å². The summed E-state index contributed by atoms with van der Waals surface area (Å²) in [5.74, 6) is -3.90. The van der Waals surface area contributed by atoms with E-state index in [1.54, 1.807) is 13.8 Å². The lowest BCUT2D eigenvalue weighted by Crippen LogP contribution is -2.17. The fourth-order valence-corrected chi connectivity index (χ4v) is 1.73. The second-order valence-electron chi connectivity index (χ2n) is 5.27. The van der Waals surface area contributed by atoms with E-state index in [4.69, 9.17) is 0 Å². The second kappa shape index (κ2) is 6.20. The standard InChI is InChI=1S/C15H19F2NO2/c1-9(11(3)19)7-13(20)10(2)12-5-6-14(18-8-12)15(4,16)17/h5-6,8-10H,7H2,1-4H3. The number of carbonyl (C=O) groups is 2. The lowest BCUT2D eigenvalue weighted by Gasteiger charge is -2.14. The molecule has 0 bridgehead atoms. The van der Waals surface area contributed by atoms with Gasteiger partial charge in [0, 0.05) is 31.4 Å². The molecule has 2 atom stereocenters. The number of aromatic nitrogens is 1. The predicted octanol–water partition coefficient (Wildman–Crippen LogP) is 3.48. The molecule has 0 aromatic carbocycles. The summed E-state index contributed by atoms with van der Waals surface area (Å²) in [6.45, 7) is 5.61. The number of carbonyl (C=O) groups excluding carboxylic acids is 2. The maximum atomic E-state index is 13.0. The van der Waals surface area contributed by atoms with E-state index in [0.29, 0.717) is 5.56 Å². The van der Waals surface area contributed by atoms with Crippen LogP contribution in [0.4, 0.5) is 8.78 Å². The van der Waals surface area contributed by atoms with Gasteiger partial charge in [0.1, 0.15) is 17.3 Å². The average Bonchev–Trinajstić information content (AvgIpc) is 2.36. The van der Waals surface area contributed by atoms with E-state index in [1.165, 1.54) is 25.3 Å². The molecule has 5 heteroatoms. The number of ketones is 2. The van der Waals surface area contributed by atoms with E-state index in [-0.39, 0.29) is 29.6 Å². The molecule has 0 saturated carbocycles. The molecule has 0 aliphatic carbocycles. The largest absolute Gasteiger partial charge is 0.300 e. The van der Waals surface area contributed by atoms with Gasteiger partial charge in [-0.15, -0.1) is 0 Å². The second-order valence-corrected chi connectivity index (χ2v) is 5.27. The summed E-state index contributed by atoms with van der Waals surface area (Å²) in [5.41, 5.74) is 0.261. The quantitative estimate of drug-likeness (QED) is 0.803. The number of rotatable bonds is 6. The molecule has 0 amide bonds. The number of Topliss-reactive ketones (excluding diaryl/α,β-unsaturated/α-hetero) is 2. The molecule has 0 radical (unpaired) electrons. The van der Waals surface area contributed by atoms with Gasteiger partial charge in [-0.1, -0.05) is 19.9 Å². The molecular formula is C15H19F2NO2. The molecule has 0 fully saturated rings. The van der Waals surface area contributed by atoms with E-state index >= 15 is 0 Å². The minimum absolute atomic E-state index is 0.0374. The molecule has 1 heterocycles. The zero-order valence-corrected chi connectivity index (χ0v) is 12.1. The first-order valence-electron chi connectivity index (χ1n) is 6.50. The molecule has 1 aromatic heterocycles. The highest BCUT2D eigenvalue weighted by Gasteiger charge is 2.26. The number of alkyl halides is 2. The van der Waals surface area contributed by atoms with Crippen LogP contribution in [0, 0.1) is 5.92 Å². The fourth-order valence-electron chi connectivity index (χ4n) is 1.73. The fraction of sp³-hybridized carbons (Fsp3) is 0.533. The van der Waals surface area contributed by atoms with Gasteiger partial charge in [-0.2, -0.15) is 8.78 Å². The van der Waals surface area contributed by atoms with Gasteiger partial charge in [0.25, 0.3) is 5.92 Å². The average molecular weight is 283 g/mol. The zero-order valence-electron chi connectivity index (χ0n) is 12.1. The maximum Gasteiger partial charge on any atom is 0.286 e. The summed E-state index contributed by atoms with van der Waals surface area (Å²) in [5, 5.41) is 0. The smallest absolute Gasteiger partial charge is 0.286 e. The summed E-state index contributed by atoms with van der Waals surface area (Å²) in [7, 11) is 0. The molecular weight excluding hydrogens is 264 g/mol. The molecule has 3 nitrogen and oxygen atoms in total. The van der Waals surface area contributed by atoms with Crippen molar-refractivity contribution in [3.8, 4) is 0 Å². The Morgan fingerprint density at radius 1 is 1.30 bits per heavy atom. The lowest BCUT2D eigenvalue weighted by atomic mass is 9.90. The Labute approximate surface area is 117 Å². The lowest BCUT2D eigenvalue weighted by molar-refractivity contribution is -0.126.